The molecule has 4 rings (SSSR count). The van der Waals surface area contributed by atoms with E-state index in [1.54, 1.807) is 49.4 Å². The van der Waals surface area contributed by atoms with Gasteiger partial charge in [0.2, 0.25) is 5.91 Å². The van der Waals surface area contributed by atoms with Gasteiger partial charge in [0.25, 0.3) is 17.5 Å². The number of nitriles is 1. The fraction of sp³-hybridized carbons (Fsp3) is 0.241. The molecule has 0 saturated carbocycles. The molecule has 0 saturated heterocycles. The van der Waals surface area contributed by atoms with E-state index in [0.29, 0.717) is 42.4 Å². The molecule has 1 aliphatic rings. The van der Waals surface area contributed by atoms with E-state index in [-0.39, 0.29) is 42.1 Å². The standard InChI is InChI=1S/C29H26N8O7/c1-3-26(38)31-24-15-19(34(4-2)12-7-13-35-28(39)21-8-5-6-9-22(21)29(35)40)10-11-23(24)32-33-27-18(17-30)14-20(36(41)42)16-25(27)37(43)44/h5-6,8-11,14-16H,3-4,7,12-13H2,1-2H3,(H,31,38). The number of azo groups is 1. The van der Waals surface area contributed by atoms with Crippen molar-refractivity contribution in [3.05, 3.63) is 91.5 Å². The van der Waals surface area contributed by atoms with Gasteiger partial charge < -0.3 is 10.2 Å². The van der Waals surface area contributed by atoms with Crippen molar-refractivity contribution in [3.8, 4) is 6.07 Å². The number of nitro benzene ring substituents is 2. The molecule has 1 heterocycles. The van der Waals surface area contributed by atoms with Crippen molar-refractivity contribution in [1.29, 1.82) is 5.26 Å². The molecule has 0 unspecified atom stereocenters. The van der Waals surface area contributed by atoms with Crippen LogP contribution in [0.2, 0.25) is 0 Å². The molecule has 0 aromatic heterocycles. The number of nitro groups is 2. The topological polar surface area (TPSA) is 205 Å². The van der Waals surface area contributed by atoms with Crippen molar-refractivity contribution in [3.63, 3.8) is 0 Å². The van der Waals surface area contributed by atoms with Crippen molar-refractivity contribution in [1.82, 2.24) is 4.90 Å². The van der Waals surface area contributed by atoms with Gasteiger partial charge in [0.15, 0.2) is 5.69 Å². The fourth-order valence-electron chi connectivity index (χ4n) is 4.62. The number of benzene rings is 3. The van der Waals surface area contributed by atoms with Gasteiger partial charge >= 0.3 is 5.69 Å². The zero-order chi connectivity index (χ0) is 32.0. The molecule has 1 N–H and O–H groups in total. The maximum atomic E-state index is 12.7. The number of nitrogens with zero attached hydrogens (tertiary/aromatic N) is 7. The first-order valence-corrected chi connectivity index (χ1v) is 13.5. The van der Waals surface area contributed by atoms with Crippen molar-refractivity contribution < 1.29 is 24.2 Å². The molecular weight excluding hydrogens is 572 g/mol. The van der Waals surface area contributed by atoms with Crippen LogP contribution >= 0.6 is 0 Å². The number of imide groups is 1. The first kappa shape index (κ1) is 30.9. The summed E-state index contributed by atoms with van der Waals surface area (Å²) in [5, 5.41) is 42.9. The van der Waals surface area contributed by atoms with Crippen molar-refractivity contribution in [2.75, 3.05) is 29.9 Å². The molecule has 0 radical (unpaired) electrons. The van der Waals surface area contributed by atoms with Gasteiger partial charge in [-0.2, -0.15) is 5.26 Å². The summed E-state index contributed by atoms with van der Waals surface area (Å²) in [6, 6.07) is 14.8. The Hall–Kier alpha value is -6.04. The number of non-ortho nitro benzene ring substituents is 1. The Balaban J connectivity index is 1.59. The second kappa shape index (κ2) is 13.3. The highest BCUT2D eigenvalue weighted by atomic mass is 16.6. The minimum absolute atomic E-state index is 0.120. The van der Waals surface area contributed by atoms with E-state index < -0.39 is 32.5 Å². The highest BCUT2D eigenvalue weighted by Gasteiger charge is 2.34. The summed E-state index contributed by atoms with van der Waals surface area (Å²) in [6.07, 6.45) is 0.614. The van der Waals surface area contributed by atoms with E-state index in [1.807, 2.05) is 11.8 Å². The third-order valence-electron chi connectivity index (χ3n) is 6.87. The van der Waals surface area contributed by atoms with Crippen LogP contribution in [0.3, 0.4) is 0 Å². The van der Waals surface area contributed by atoms with Gasteiger partial charge in [0.05, 0.1) is 38.3 Å². The molecule has 15 heteroatoms. The molecule has 0 aliphatic carbocycles. The summed E-state index contributed by atoms with van der Waals surface area (Å²) in [6.45, 7) is 4.79. The molecule has 224 valence electrons. The molecule has 0 spiro atoms. The first-order valence-electron chi connectivity index (χ1n) is 13.5. The summed E-state index contributed by atoms with van der Waals surface area (Å²) in [5.74, 6) is -1.01. The average molecular weight is 599 g/mol. The number of fused-ring (bicyclic) bond motifs is 1. The molecule has 3 aromatic carbocycles. The second-order valence-electron chi connectivity index (χ2n) is 9.53. The van der Waals surface area contributed by atoms with Crippen LogP contribution in [0.5, 0.6) is 0 Å². The number of amides is 3. The summed E-state index contributed by atoms with van der Waals surface area (Å²) in [7, 11) is 0. The molecule has 15 nitrogen and oxygen atoms in total. The zero-order valence-corrected chi connectivity index (χ0v) is 23.7. The van der Waals surface area contributed by atoms with Crippen molar-refractivity contribution in [2.45, 2.75) is 26.7 Å². The van der Waals surface area contributed by atoms with Crippen LogP contribution in [0.15, 0.2) is 64.8 Å². The second-order valence-corrected chi connectivity index (χ2v) is 9.53. The lowest BCUT2D eigenvalue weighted by atomic mass is 10.1. The molecular formula is C29H26N8O7. The lowest BCUT2D eigenvalue weighted by Crippen LogP contribution is -2.33. The fourth-order valence-corrected chi connectivity index (χ4v) is 4.62. The lowest BCUT2D eigenvalue weighted by Gasteiger charge is -2.25. The third kappa shape index (κ3) is 6.39. The van der Waals surface area contributed by atoms with Gasteiger partial charge in [-0.1, -0.05) is 19.1 Å². The Morgan fingerprint density at radius 1 is 1.00 bits per heavy atom. The molecule has 0 bridgehead atoms. The Labute approximate surface area is 250 Å². The minimum atomic E-state index is -0.897. The van der Waals surface area contributed by atoms with Crippen molar-refractivity contribution >= 4 is 51.8 Å². The molecule has 3 aromatic rings. The molecule has 1 aliphatic heterocycles. The van der Waals surface area contributed by atoms with E-state index in [0.717, 1.165) is 6.07 Å². The highest BCUT2D eigenvalue weighted by Crippen LogP contribution is 2.38. The van der Waals surface area contributed by atoms with Gasteiger partial charge in [-0.15, -0.1) is 10.2 Å². The van der Waals surface area contributed by atoms with Crippen LogP contribution in [0.25, 0.3) is 0 Å². The van der Waals surface area contributed by atoms with Gasteiger partial charge in [-0.3, -0.25) is 39.5 Å². The van der Waals surface area contributed by atoms with E-state index in [4.69, 9.17) is 0 Å². The predicted octanol–water partition coefficient (Wildman–Crippen LogP) is 5.65. The van der Waals surface area contributed by atoms with Crippen LogP contribution in [-0.2, 0) is 4.79 Å². The van der Waals surface area contributed by atoms with Crippen LogP contribution in [0.4, 0.5) is 34.1 Å². The molecule has 0 fully saturated rings. The normalized spacial score (nSPS) is 12.2. The van der Waals surface area contributed by atoms with E-state index in [1.165, 1.54) is 11.0 Å². The molecule has 44 heavy (non-hydrogen) atoms. The van der Waals surface area contributed by atoms with Crippen LogP contribution in [0.1, 0.15) is 53.0 Å². The van der Waals surface area contributed by atoms with Gasteiger partial charge in [0, 0.05) is 37.8 Å². The quantitative estimate of drug-likeness (QED) is 0.118. The van der Waals surface area contributed by atoms with E-state index >= 15 is 0 Å². The summed E-state index contributed by atoms with van der Waals surface area (Å²) in [4.78, 5) is 61.9. The van der Waals surface area contributed by atoms with E-state index in [9.17, 15) is 39.9 Å². The third-order valence-corrected chi connectivity index (χ3v) is 6.87. The summed E-state index contributed by atoms with van der Waals surface area (Å²) < 4.78 is 0. The number of carbonyl (C=O) groups is 3. The number of nitrogens with one attached hydrogen (secondary N) is 1. The number of rotatable bonds is 12. The summed E-state index contributed by atoms with van der Waals surface area (Å²) in [5.41, 5.74) is -0.503. The van der Waals surface area contributed by atoms with Crippen LogP contribution < -0.4 is 10.2 Å². The number of hydrogen-bond acceptors (Lipinski definition) is 11. The SMILES string of the molecule is CCC(=O)Nc1cc(N(CC)CCCN2C(=O)c3ccccc3C2=O)ccc1N=Nc1c(C#N)cc([N+](=O)[O-])cc1[N+](=O)[O-]. The number of hydrogen-bond donors (Lipinski definition) is 1. The van der Waals surface area contributed by atoms with Gasteiger partial charge in [-0.25, -0.2) is 0 Å². The predicted molar refractivity (Wildman–Crippen MR) is 158 cm³/mol. The number of carbonyl (C=O) groups excluding carboxylic acids is 3. The monoisotopic (exact) mass is 598 g/mol. The number of anilines is 2. The molecule has 3 amide bonds. The highest BCUT2D eigenvalue weighted by molar-refractivity contribution is 6.21. The van der Waals surface area contributed by atoms with Crippen molar-refractivity contribution in [2.24, 2.45) is 10.2 Å². The first-order chi connectivity index (χ1) is 21.1. The Kier molecular flexibility index (Phi) is 9.34. The largest absolute Gasteiger partial charge is 0.372 e. The van der Waals surface area contributed by atoms with E-state index in [2.05, 4.69) is 15.5 Å². The lowest BCUT2D eigenvalue weighted by molar-refractivity contribution is -0.393. The minimum Gasteiger partial charge on any atom is -0.372 e. The Morgan fingerprint density at radius 3 is 2.25 bits per heavy atom. The Bertz CT molecular complexity index is 1710. The van der Waals surface area contributed by atoms with Crippen LogP contribution in [-0.4, -0.2) is 52.1 Å². The van der Waals surface area contributed by atoms with Gasteiger partial charge in [-0.05, 0) is 43.7 Å². The molecule has 0 atom stereocenters. The smallest absolute Gasteiger partial charge is 0.304 e. The zero-order valence-electron chi connectivity index (χ0n) is 23.7. The Morgan fingerprint density at radius 2 is 1.68 bits per heavy atom. The van der Waals surface area contributed by atoms with Gasteiger partial charge in [0.1, 0.15) is 11.8 Å². The van der Waals surface area contributed by atoms with Crippen LogP contribution in [0, 0.1) is 31.6 Å². The summed E-state index contributed by atoms with van der Waals surface area (Å²) >= 11 is 0. The average Bonchev–Trinajstić information content (AvgIpc) is 3.26. The maximum Gasteiger partial charge on any atom is 0.304 e. The maximum absolute atomic E-state index is 12.7.